The van der Waals surface area contributed by atoms with Gasteiger partial charge in [-0.1, -0.05) is 26.0 Å². The Bertz CT molecular complexity index is 452. The number of hydrogen-bond acceptors (Lipinski definition) is 4. The zero-order valence-electron chi connectivity index (χ0n) is 12.5. The van der Waals surface area contributed by atoms with E-state index in [1.165, 1.54) is 0 Å². The number of thioether (sulfide) groups is 1. The van der Waals surface area contributed by atoms with Gasteiger partial charge in [-0.15, -0.1) is 11.8 Å². The number of methoxy groups -OCH3 is 1. The highest BCUT2D eigenvalue weighted by Crippen LogP contribution is 2.34. The van der Waals surface area contributed by atoms with Crippen molar-refractivity contribution in [1.29, 1.82) is 0 Å². The van der Waals surface area contributed by atoms with Crippen LogP contribution in [-0.2, 0) is 4.79 Å². The quantitative estimate of drug-likeness (QED) is 0.722. The molecule has 0 amide bonds. The van der Waals surface area contributed by atoms with Crippen molar-refractivity contribution in [2.45, 2.75) is 42.9 Å². The lowest BCUT2D eigenvalue weighted by Gasteiger charge is -2.28. The first-order chi connectivity index (χ1) is 9.42. The molecular formula is C15H23NO3S. The van der Waals surface area contributed by atoms with Crippen LogP contribution in [-0.4, -0.2) is 35.5 Å². The lowest BCUT2D eigenvalue weighted by molar-refractivity contribution is -0.144. The van der Waals surface area contributed by atoms with E-state index in [0.29, 0.717) is 13.0 Å². The number of carboxylic acids is 1. The number of carboxylic acid groups (broad SMARTS) is 1. The number of rotatable bonds is 8. The molecule has 0 aliphatic heterocycles. The van der Waals surface area contributed by atoms with E-state index >= 15 is 0 Å². The highest BCUT2D eigenvalue weighted by molar-refractivity contribution is 8.00. The Kier molecular flexibility index (Phi) is 6.36. The number of benzene rings is 1. The zero-order valence-corrected chi connectivity index (χ0v) is 13.3. The molecule has 4 nitrogen and oxygen atoms in total. The van der Waals surface area contributed by atoms with E-state index in [2.05, 4.69) is 5.32 Å². The summed E-state index contributed by atoms with van der Waals surface area (Å²) in [5.41, 5.74) is -0.900. The van der Waals surface area contributed by atoms with Gasteiger partial charge in [0.05, 0.1) is 7.11 Å². The summed E-state index contributed by atoms with van der Waals surface area (Å²) >= 11 is 1.64. The largest absolute Gasteiger partial charge is 0.496 e. The number of carbonyl (C=O) groups is 1. The fourth-order valence-electron chi connectivity index (χ4n) is 2.17. The SMILES string of the molecule is CCNC(C)(CC(C)Sc1ccccc1OC)C(=O)O. The van der Waals surface area contributed by atoms with Crippen molar-refractivity contribution in [3.05, 3.63) is 24.3 Å². The van der Waals surface area contributed by atoms with E-state index in [1.54, 1.807) is 25.8 Å². The molecule has 0 aromatic heterocycles. The van der Waals surface area contributed by atoms with E-state index in [4.69, 9.17) is 4.74 Å². The maximum absolute atomic E-state index is 11.4. The van der Waals surface area contributed by atoms with Gasteiger partial charge in [0, 0.05) is 10.1 Å². The van der Waals surface area contributed by atoms with Crippen LogP contribution in [0.2, 0.25) is 0 Å². The van der Waals surface area contributed by atoms with Crippen LogP contribution >= 0.6 is 11.8 Å². The second kappa shape index (κ2) is 7.55. The van der Waals surface area contributed by atoms with Gasteiger partial charge >= 0.3 is 5.97 Å². The van der Waals surface area contributed by atoms with Crippen LogP contribution in [0.15, 0.2) is 29.2 Å². The number of para-hydroxylation sites is 1. The van der Waals surface area contributed by atoms with Crippen molar-refractivity contribution in [1.82, 2.24) is 5.32 Å². The second-order valence-corrected chi connectivity index (χ2v) is 6.43. The first-order valence-corrected chi connectivity index (χ1v) is 7.59. The molecule has 1 rings (SSSR count). The summed E-state index contributed by atoms with van der Waals surface area (Å²) in [6.07, 6.45) is 0.541. The van der Waals surface area contributed by atoms with E-state index in [0.717, 1.165) is 10.6 Å². The third-order valence-corrected chi connectivity index (χ3v) is 4.29. The molecule has 1 aromatic rings. The maximum atomic E-state index is 11.4. The average Bonchev–Trinajstić information content (AvgIpc) is 2.39. The zero-order chi connectivity index (χ0) is 15.2. The monoisotopic (exact) mass is 297 g/mol. The number of hydrogen-bond donors (Lipinski definition) is 2. The van der Waals surface area contributed by atoms with E-state index in [9.17, 15) is 9.90 Å². The molecule has 2 unspecified atom stereocenters. The molecule has 2 atom stereocenters. The predicted molar refractivity (Wildman–Crippen MR) is 82.6 cm³/mol. The van der Waals surface area contributed by atoms with Gasteiger partial charge in [-0.25, -0.2) is 0 Å². The maximum Gasteiger partial charge on any atom is 0.323 e. The molecule has 0 bridgehead atoms. The summed E-state index contributed by atoms with van der Waals surface area (Å²) in [6.45, 7) is 6.32. The van der Waals surface area contributed by atoms with E-state index in [-0.39, 0.29) is 5.25 Å². The van der Waals surface area contributed by atoms with Gasteiger partial charge in [0.1, 0.15) is 11.3 Å². The molecule has 1 aromatic carbocycles. The summed E-state index contributed by atoms with van der Waals surface area (Å²) < 4.78 is 5.32. The minimum absolute atomic E-state index is 0.159. The number of ether oxygens (including phenoxy) is 1. The highest BCUT2D eigenvalue weighted by atomic mass is 32.2. The Morgan fingerprint density at radius 2 is 2.15 bits per heavy atom. The summed E-state index contributed by atoms with van der Waals surface area (Å²) in [7, 11) is 1.64. The van der Waals surface area contributed by atoms with Crippen molar-refractivity contribution in [2.75, 3.05) is 13.7 Å². The van der Waals surface area contributed by atoms with Crippen molar-refractivity contribution < 1.29 is 14.6 Å². The van der Waals surface area contributed by atoms with Gasteiger partial charge in [-0.05, 0) is 32.0 Å². The molecule has 0 heterocycles. The van der Waals surface area contributed by atoms with Crippen LogP contribution in [0.5, 0.6) is 5.75 Å². The van der Waals surface area contributed by atoms with Gasteiger partial charge in [0.2, 0.25) is 0 Å². The number of likely N-dealkylation sites (N-methyl/N-ethyl adjacent to an activating group) is 1. The Morgan fingerprint density at radius 3 is 2.70 bits per heavy atom. The Balaban J connectivity index is 2.75. The summed E-state index contributed by atoms with van der Waals surface area (Å²) in [5.74, 6) is 0.0108. The fourth-order valence-corrected chi connectivity index (χ4v) is 3.45. The smallest absolute Gasteiger partial charge is 0.323 e. The van der Waals surface area contributed by atoms with Gasteiger partial charge in [-0.2, -0.15) is 0 Å². The molecule has 20 heavy (non-hydrogen) atoms. The molecule has 0 fully saturated rings. The Morgan fingerprint density at radius 1 is 1.50 bits per heavy atom. The van der Waals surface area contributed by atoms with Crippen molar-refractivity contribution in [3.63, 3.8) is 0 Å². The third kappa shape index (κ3) is 4.42. The Hall–Kier alpha value is -1.20. The van der Waals surface area contributed by atoms with Crippen molar-refractivity contribution >= 4 is 17.7 Å². The molecule has 0 aliphatic carbocycles. The molecule has 2 N–H and O–H groups in total. The van der Waals surface area contributed by atoms with Gasteiger partial charge in [-0.3, -0.25) is 4.79 Å². The summed E-state index contributed by atoms with van der Waals surface area (Å²) in [4.78, 5) is 12.5. The van der Waals surface area contributed by atoms with E-state index < -0.39 is 11.5 Å². The highest BCUT2D eigenvalue weighted by Gasteiger charge is 2.34. The third-order valence-electron chi connectivity index (χ3n) is 3.13. The Labute approximate surface area is 124 Å². The molecular weight excluding hydrogens is 274 g/mol. The molecule has 0 spiro atoms. The van der Waals surface area contributed by atoms with Crippen LogP contribution in [0.3, 0.4) is 0 Å². The normalized spacial score (nSPS) is 15.4. The molecule has 0 aliphatic rings. The molecule has 0 radical (unpaired) electrons. The lowest BCUT2D eigenvalue weighted by Crippen LogP contribution is -2.50. The van der Waals surface area contributed by atoms with Crippen LogP contribution in [0.4, 0.5) is 0 Å². The molecule has 0 saturated heterocycles. The van der Waals surface area contributed by atoms with Crippen molar-refractivity contribution in [3.8, 4) is 5.75 Å². The first kappa shape index (κ1) is 16.9. The first-order valence-electron chi connectivity index (χ1n) is 6.71. The van der Waals surface area contributed by atoms with Gasteiger partial charge in [0.25, 0.3) is 0 Å². The molecule has 5 heteroatoms. The predicted octanol–water partition coefficient (Wildman–Crippen LogP) is 3.02. The minimum atomic E-state index is -0.900. The van der Waals surface area contributed by atoms with Crippen LogP contribution in [0.25, 0.3) is 0 Å². The minimum Gasteiger partial charge on any atom is -0.496 e. The fraction of sp³-hybridized carbons (Fsp3) is 0.533. The summed E-state index contributed by atoms with van der Waals surface area (Å²) in [5, 5.41) is 12.6. The number of nitrogens with one attached hydrogen (secondary N) is 1. The van der Waals surface area contributed by atoms with Crippen LogP contribution < -0.4 is 10.1 Å². The second-order valence-electron chi connectivity index (χ2n) is 4.95. The average molecular weight is 297 g/mol. The topological polar surface area (TPSA) is 58.6 Å². The van der Waals surface area contributed by atoms with Crippen LogP contribution in [0, 0.1) is 0 Å². The molecule has 112 valence electrons. The standard InChI is InChI=1S/C15H23NO3S/c1-5-16-15(3,14(17)18)10-11(2)20-13-9-7-6-8-12(13)19-4/h6-9,11,16H,5,10H2,1-4H3,(H,17,18). The van der Waals surface area contributed by atoms with Crippen LogP contribution in [0.1, 0.15) is 27.2 Å². The lowest BCUT2D eigenvalue weighted by atomic mass is 9.96. The van der Waals surface area contributed by atoms with Gasteiger partial charge < -0.3 is 15.2 Å². The number of aliphatic carboxylic acids is 1. The van der Waals surface area contributed by atoms with Gasteiger partial charge in [0.15, 0.2) is 0 Å². The molecule has 0 saturated carbocycles. The van der Waals surface area contributed by atoms with E-state index in [1.807, 2.05) is 38.1 Å². The van der Waals surface area contributed by atoms with Crippen molar-refractivity contribution in [2.24, 2.45) is 0 Å². The summed E-state index contributed by atoms with van der Waals surface area (Å²) in [6, 6.07) is 7.78.